The molecule has 0 aromatic carbocycles. The number of hydrogen-bond acceptors (Lipinski definition) is 2. The van der Waals surface area contributed by atoms with Crippen LogP contribution in [0.2, 0.25) is 0 Å². The smallest absolute Gasteiger partial charge is 0.0786 e. The average Bonchev–Trinajstić information content (AvgIpc) is 2.53. The van der Waals surface area contributed by atoms with E-state index < -0.39 is 0 Å². The van der Waals surface area contributed by atoms with Gasteiger partial charge in [-0.25, -0.2) is 0 Å². The molecule has 1 aliphatic heterocycles. The molecule has 0 saturated carbocycles. The van der Waals surface area contributed by atoms with Crippen molar-refractivity contribution in [1.82, 2.24) is 4.90 Å². The number of hydrogen-bond donors (Lipinski definition) is 1. The number of likely N-dealkylation sites (N-methyl/N-ethyl adjacent to an activating group) is 1. The van der Waals surface area contributed by atoms with E-state index >= 15 is 0 Å². The maximum atomic E-state index is 10.2. The molecule has 1 rings (SSSR count). The fraction of sp³-hybridized carbons (Fsp3) is 1.00. The van der Waals surface area contributed by atoms with Crippen molar-refractivity contribution in [3.63, 3.8) is 0 Å². The normalized spacial score (nSPS) is 27.4. The predicted octanol–water partition coefficient (Wildman–Crippen LogP) is 2.80. The molecule has 1 N–H and O–H groups in total. The third-order valence-electron chi connectivity index (χ3n) is 3.52. The molecular weight excluding hydrogens is 186 g/mol. The van der Waals surface area contributed by atoms with E-state index in [1.54, 1.807) is 0 Å². The van der Waals surface area contributed by atoms with Gasteiger partial charge in [-0.2, -0.15) is 0 Å². The zero-order valence-electron chi connectivity index (χ0n) is 10.5. The van der Waals surface area contributed by atoms with Crippen LogP contribution in [0.5, 0.6) is 0 Å². The highest BCUT2D eigenvalue weighted by Crippen LogP contribution is 2.26. The van der Waals surface area contributed by atoms with E-state index in [4.69, 9.17) is 0 Å². The first kappa shape index (κ1) is 13.0. The minimum absolute atomic E-state index is 0.362. The van der Waals surface area contributed by atoms with Gasteiger partial charge in [-0.15, -0.1) is 0 Å². The fourth-order valence-corrected chi connectivity index (χ4v) is 2.50. The van der Waals surface area contributed by atoms with E-state index in [1.165, 1.54) is 38.5 Å². The Morgan fingerprint density at radius 3 is 2.40 bits per heavy atom. The maximum absolute atomic E-state index is 10.2. The minimum atomic E-state index is -0.362. The number of rotatable bonds is 7. The molecule has 1 fully saturated rings. The second-order valence-corrected chi connectivity index (χ2v) is 5.23. The van der Waals surface area contributed by atoms with Crippen LogP contribution in [0.4, 0.5) is 0 Å². The van der Waals surface area contributed by atoms with Crippen LogP contribution in [0.25, 0.3) is 0 Å². The van der Waals surface area contributed by atoms with Crippen molar-refractivity contribution >= 4 is 0 Å². The Labute approximate surface area is 94.7 Å². The van der Waals surface area contributed by atoms with Crippen LogP contribution in [0.1, 0.15) is 58.3 Å². The zero-order chi connectivity index (χ0) is 11.1. The van der Waals surface area contributed by atoms with Gasteiger partial charge in [0.1, 0.15) is 0 Å². The lowest BCUT2D eigenvalue weighted by atomic mass is 9.95. The van der Waals surface area contributed by atoms with Crippen LogP contribution in [-0.4, -0.2) is 35.7 Å². The van der Waals surface area contributed by atoms with Crippen LogP contribution < -0.4 is 0 Å². The van der Waals surface area contributed by atoms with Crippen molar-refractivity contribution in [2.75, 3.05) is 20.1 Å². The maximum Gasteiger partial charge on any atom is 0.0786 e. The lowest BCUT2D eigenvalue weighted by Crippen LogP contribution is -2.31. The van der Waals surface area contributed by atoms with Gasteiger partial charge in [0.2, 0.25) is 0 Å². The molecule has 2 nitrogen and oxygen atoms in total. The van der Waals surface area contributed by atoms with Gasteiger partial charge in [0.05, 0.1) is 5.60 Å². The Hall–Kier alpha value is -0.0800. The quantitative estimate of drug-likeness (QED) is 0.657. The van der Waals surface area contributed by atoms with Gasteiger partial charge in [-0.3, -0.25) is 0 Å². The number of unbranched alkanes of at least 4 members (excludes halogenated alkanes) is 5. The lowest BCUT2D eigenvalue weighted by Gasteiger charge is -2.22. The van der Waals surface area contributed by atoms with E-state index in [-0.39, 0.29) is 5.60 Å². The fourth-order valence-electron chi connectivity index (χ4n) is 2.50. The van der Waals surface area contributed by atoms with Crippen LogP contribution >= 0.6 is 0 Å². The molecule has 0 bridgehead atoms. The van der Waals surface area contributed by atoms with Crippen molar-refractivity contribution in [2.24, 2.45) is 0 Å². The Balaban J connectivity index is 2.00. The summed E-state index contributed by atoms with van der Waals surface area (Å²) in [6.45, 7) is 4.19. The molecule has 90 valence electrons. The highest BCUT2D eigenvalue weighted by molar-refractivity contribution is 4.88. The summed E-state index contributed by atoms with van der Waals surface area (Å²) >= 11 is 0. The first-order chi connectivity index (χ1) is 7.16. The summed E-state index contributed by atoms with van der Waals surface area (Å²) in [6, 6.07) is 0. The molecule has 1 heterocycles. The average molecular weight is 213 g/mol. The van der Waals surface area contributed by atoms with E-state index in [9.17, 15) is 5.11 Å². The summed E-state index contributed by atoms with van der Waals surface area (Å²) in [5.74, 6) is 0. The third kappa shape index (κ3) is 4.98. The van der Waals surface area contributed by atoms with E-state index in [1.807, 2.05) is 0 Å². The Morgan fingerprint density at radius 1 is 1.13 bits per heavy atom. The molecule has 2 heteroatoms. The van der Waals surface area contributed by atoms with Gasteiger partial charge in [-0.05, 0) is 19.9 Å². The zero-order valence-corrected chi connectivity index (χ0v) is 10.5. The largest absolute Gasteiger partial charge is 0.389 e. The molecule has 0 aromatic heterocycles. The molecule has 0 aliphatic carbocycles. The monoisotopic (exact) mass is 213 g/mol. The van der Waals surface area contributed by atoms with E-state index in [2.05, 4.69) is 18.9 Å². The van der Waals surface area contributed by atoms with Gasteiger partial charge in [-0.1, -0.05) is 45.4 Å². The van der Waals surface area contributed by atoms with Crippen LogP contribution in [0.3, 0.4) is 0 Å². The number of likely N-dealkylation sites (tertiary alicyclic amines) is 1. The van der Waals surface area contributed by atoms with Gasteiger partial charge < -0.3 is 10.0 Å². The van der Waals surface area contributed by atoms with E-state index in [0.717, 1.165) is 25.9 Å². The predicted molar refractivity (Wildman–Crippen MR) is 65.1 cm³/mol. The Bertz CT molecular complexity index is 172. The van der Waals surface area contributed by atoms with Crippen molar-refractivity contribution in [1.29, 1.82) is 0 Å². The first-order valence-electron chi connectivity index (χ1n) is 6.57. The Morgan fingerprint density at radius 2 is 1.80 bits per heavy atom. The van der Waals surface area contributed by atoms with Crippen molar-refractivity contribution < 1.29 is 5.11 Å². The summed E-state index contributed by atoms with van der Waals surface area (Å²) in [6.07, 6.45) is 9.87. The second-order valence-electron chi connectivity index (χ2n) is 5.23. The van der Waals surface area contributed by atoms with Crippen molar-refractivity contribution in [3.8, 4) is 0 Å². The molecule has 15 heavy (non-hydrogen) atoms. The van der Waals surface area contributed by atoms with Crippen LogP contribution in [0.15, 0.2) is 0 Å². The van der Waals surface area contributed by atoms with Gasteiger partial charge in [0.15, 0.2) is 0 Å². The van der Waals surface area contributed by atoms with Gasteiger partial charge >= 0.3 is 0 Å². The van der Waals surface area contributed by atoms with Crippen LogP contribution in [0, 0.1) is 0 Å². The SMILES string of the molecule is CCCCCCCCC1(O)CCN(C)C1. The molecule has 0 radical (unpaired) electrons. The number of β-amino-alcohol motifs (C(OH)–C–C–N with tert-alkyl or cyclic N) is 1. The number of aliphatic hydroxyl groups is 1. The summed E-state index contributed by atoms with van der Waals surface area (Å²) < 4.78 is 0. The molecule has 1 aliphatic rings. The van der Waals surface area contributed by atoms with Crippen molar-refractivity contribution in [3.05, 3.63) is 0 Å². The van der Waals surface area contributed by atoms with Crippen LogP contribution in [-0.2, 0) is 0 Å². The molecule has 0 amide bonds. The van der Waals surface area contributed by atoms with Crippen molar-refractivity contribution in [2.45, 2.75) is 63.9 Å². The summed E-state index contributed by atoms with van der Waals surface area (Å²) in [4.78, 5) is 2.23. The van der Waals surface area contributed by atoms with Gasteiger partial charge in [0, 0.05) is 13.1 Å². The summed E-state index contributed by atoms with van der Waals surface area (Å²) in [5.41, 5.74) is -0.362. The summed E-state index contributed by atoms with van der Waals surface area (Å²) in [5, 5.41) is 10.2. The lowest BCUT2D eigenvalue weighted by molar-refractivity contribution is 0.0405. The molecule has 1 unspecified atom stereocenters. The highest BCUT2D eigenvalue weighted by atomic mass is 16.3. The minimum Gasteiger partial charge on any atom is -0.389 e. The molecule has 1 atom stereocenters. The van der Waals surface area contributed by atoms with Gasteiger partial charge in [0.25, 0.3) is 0 Å². The third-order valence-corrected chi connectivity index (χ3v) is 3.52. The second kappa shape index (κ2) is 6.49. The molecule has 1 saturated heterocycles. The first-order valence-corrected chi connectivity index (χ1v) is 6.57. The van der Waals surface area contributed by atoms with E-state index in [0.29, 0.717) is 0 Å². The molecule has 0 spiro atoms. The number of nitrogens with zero attached hydrogens (tertiary/aromatic N) is 1. The Kier molecular flexibility index (Phi) is 5.62. The standard InChI is InChI=1S/C13H27NO/c1-3-4-5-6-7-8-9-13(15)10-11-14(2)12-13/h15H,3-12H2,1-2H3. The summed E-state index contributed by atoms with van der Waals surface area (Å²) in [7, 11) is 2.10. The molecular formula is C13H27NO. The molecule has 0 aromatic rings. The highest BCUT2D eigenvalue weighted by Gasteiger charge is 2.33. The topological polar surface area (TPSA) is 23.5 Å².